The molecule has 0 saturated carbocycles. The van der Waals surface area contributed by atoms with Crippen LogP contribution in [0, 0.1) is 39.0 Å². The molecule has 8 aromatic rings. The van der Waals surface area contributed by atoms with Crippen molar-refractivity contribution in [2.24, 2.45) is 17.8 Å². The maximum atomic E-state index is 13.2. The Balaban J connectivity index is 0.000000207. The van der Waals surface area contributed by atoms with Gasteiger partial charge in [0.15, 0.2) is 28.7 Å². The van der Waals surface area contributed by atoms with Crippen LogP contribution in [0.5, 0.6) is 0 Å². The second kappa shape index (κ2) is 32.0. The number of fused-ring (bicyclic) bond motifs is 3. The van der Waals surface area contributed by atoms with Gasteiger partial charge < -0.3 is 27.6 Å². The fourth-order valence-electron chi connectivity index (χ4n) is 11.7. The van der Waals surface area contributed by atoms with Gasteiger partial charge in [-0.15, -0.1) is 0 Å². The van der Waals surface area contributed by atoms with Gasteiger partial charge in [0, 0.05) is 119 Å². The van der Waals surface area contributed by atoms with E-state index in [-0.39, 0.29) is 62.7 Å². The van der Waals surface area contributed by atoms with Crippen LogP contribution in [0.15, 0.2) is 114 Å². The van der Waals surface area contributed by atoms with E-state index in [1.54, 1.807) is 59.7 Å². The summed E-state index contributed by atoms with van der Waals surface area (Å²) in [6.07, 6.45) is -2.77. The summed E-state index contributed by atoms with van der Waals surface area (Å²) >= 11 is 0. The molecule has 98 heavy (non-hydrogen) atoms. The van der Waals surface area contributed by atoms with Gasteiger partial charge in [0.05, 0.1) is 44.2 Å². The number of nitrogens with zero attached hydrogens (tertiary/aromatic N) is 15. The second-order valence-electron chi connectivity index (χ2n) is 23.8. The molecule has 0 radical (unpaired) electrons. The number of nitrogens with one attached hydrogen (secondary N) is 2. The number of rotatable bonds is 17. The number of Topliss-reactive ketones (excluding diaryl/α,β-unsaturated/α-hetero) is 1. The summed E-state index contributed by atoms with van der Waals surface area (Å²) in [6.45, 7) is 3.85. The van der Waals surface area contributed by atoms with E-state index in [1.807, 2.05) is 42.0 Å². The number of hydrogen-bond acceptors (Lipinski definition) is 19. The smallest absolute Gasteiger partial charge is 0.358 e. The van der Waals surface area contributed by atoms with Crippen LogP contribution in [-0.4, -0.2) is 201 Å². The molecule has 36 heteroatoms. The van der Waals surface area contributed by atoms with Crippen molar-refractivity contribution in [3.63, 3.8) is 0 Å². The minimum Gasteiger partial charge on any atom is -0.358 e. The molecule has 0 spiro atoms. The number of aromatic nitrogens is 9. The van der Waals surface area contributed by atoms with Gasteiger partial charge in [-0.2, -0.15) is 39.5 Å². The first-order valence-electron chi connectivity index (χ1n) is 30.5. The minimum atomic E-state index is -4.46. The van der Waals surface area contributed by atoms with Crippen molar-refractivity contribution in [3.8, 4) is 0 Å². The second-order valence-corrected chi connectivity index (χ2v) is 27.5. The van der Waals surface area contributed by atoms with Crippen molar-refractivity contribution in [2.75, 3.05) is 96.0 Å². The molecule has 0 bridgehead atoms. The maximum absolute atomic E-state index is 13.2. The number of benzene rings is 2. The van der Waals surface area contributed by atoms with Crippen LogP contribution in [-0.2, 0) is 55.5 Å². The van der Waals surface area contributed by atoms with Gasteiger partial charge in [-0.3, -0.25) is 24.4 Å². The fourth-order valence-corrected chi connectivity index (χ4v) is 14.4. The number of hydrazine groups is 3. The quantitative estimate of drug-likeness (QED) is 0.0635. The van der Waals surface area contributed by atoms with Crippen molar-refractivity contribution >= 4 is 88.2 Å². The van der Waals surface area contributed by atoms with E-state index in [9.17, 15) is 70.7 Å². The number of halogens is 9. The summed E-state index contributed by atoms with van der Waals surface area (Å²) in [4.78, 5) is 67.4. The Morgan fingerprint density at radius 1 is 0.551 bits per heavy atom. The molecule has 3 aliphatic heterocycles. The first kappa shape index (κ1) is 77.5. The Morgan fingerprint density at radius 2 is 0.990 bits per heavy atom. The number of aromatic amines is 1. The van der Waals surface area contributed by atoms with E-state index >= 15 is 0 Å². The van der Waals surface area contributed by atoms with Gasteiger partial charge in [0.1, 0.15) is 43.5 Å². The summed E-state index contributed by atoms with van der Waals surface area (Å²) in [5, 5.41) is 10.9. The molecule has 3 atom stereocenters. The number of anilines is 3. The van der Waals surface area contributed by atoms with Crippen molar-refractivity contribution < 1.29 is 91.8 Å². The molecule has 6 aromatic heterocycles. The molecule has 3 aliphatic rings. The van der Waals surface area contributed by atoms with Crippen LogP contribution in [0.1, 0.15) is 62.5 Å². The number of H-pyrrole nitrogens is 1. The van der Waals surface area contributed by atoms with Gasteiger partial charge in [-0.1, -0.05) is 35.4 Å². The standard InChI is InChI=1S/C23H27F3N6O3S.C22H24F3N5O3S.C16H21F3N6O.CH3.W/c1-16-6-8-18(9-7-16)36(34,35)32-12-10-19-20(27-15-28-21(19)32)30(3)31-11-4-5-17(13-31)22(33)29(2)14-23(24,25)26;1-15-4-6-17(7-5-15)34(32,33)30-12-9-18-20(26-14-27-21(18)30)28-29-11-2-3-16(13-29)19(31)8-10-22(23,24)25;1-23(9-16(17,18)19)15(26)11-4-3-7-25(8-11)24(2)14-12-5-6-20-13(12)21-10-22-14;;/h6-10,12,15,17H,4-5,11,13-14H2,1-3H3;4-7,9,12,14,16H,2-3,8,10-11,13H2,1H3,(H,26,27,28);5-6,10-11H,3-4,7-9H2,1-2H3,(H,20,21,22);1H3;/q;;;-1;. The van der Waals surface area contributed by atoms with Crippen molar-refractivity contribution in [1.29, 1.82) is 0 Å². The van der Waals surface area contributed by atoms with Gasteiger partial charge >= 0.3 is 18.5 Å². The molecule has 2 aromatic carbocycles. The summed E-state index contributed by atoms with van der Waals surface area (Å²) in [7, 11) is -1.86. The van der Waals surface area contributed by atoms with Crippen LogP contribution < -0.4 is 15.4 Å². The minimum absolute atomic E-state index is 0. The first-order valence-corrected chi connectivity index (χ1v) is 33.4. The van der Waals surface area contributed by atoms with Gasteiger partial charge in [-0.25, -0.2) is 69.7 Å². The van der Waals surface area contributed by atoms with Crippen molar-refractivity contribution in [1.82, 2.24) is 67.7 Å². The third-order valence-corrected chi connectivity index (χ3v) is 20.1. The number of hydrogen-bond donors (Lipinski definition) is 2. The summed E-state index contributed by atoms with van der Waals surface area (Å²) in [6, 6.07) is 18.0. The van der Waals surface area contributed by atoms with Crippen LogP contribution in [0.25, 0.3) is 33.1 Å². The number of ketones is 1. The Morgan fingerprint density at radius 3 is 1.48 bits per heavy atom. The van der Waals surface area contributed by atoms with Gasteiger partial charge in [0.25, 0.3) is 20.0 Å². The number of carbonyl (C=O) groups is 3. The summed E-state index contributed by atoms with van der Waals surface area (Å²) < 4.78 is 168. The molecule has 532 valence electrons. The molecule has 3 unspecified atom stereocenters. The summed E-state index contributed by atoms with van der Waals surface area (Å²) in [5.41, 5.74) is 6.05. The zero-order chi connectivity index (χ0) is 69.7. The van der Waals surface area contributed by atoms with E-state index in [4.69, 9.17) is 0 Å². The molecule has 3 saturated heterocycles. The molecule has 9 heterocycles. The largest absolute Gasteiger partial charge is 0.406 e. The Hall–Kier alpha value is -7.85. The number of amides is 2. The predicted octanol–water partition coefficient (Wildman–Crippen LogP) is 9.48. The zero-order valence-corrected chi connectivity index (χ0v) is 59.1. The van der Waals surface area contributed by atoms with Gasteiger partial charge in [0.2, 0.25) is 11.8 Å². The molecule has 2 N–H and O–H groups in total. The Kier molecular flexibility index (Phi) is 25.3. The van der Waals surface area contributed by atoms with E-state index in [0.29, 0.717) is 97.1 Å². The van der Waals surface area contributed by atoms with Crippen LogP contribution in [0.2, 0.25) is 0 Å². The number of aryl methyl sites for hydroxylation is 2. The topological polar surface area (TPSA) is 257 Å². The summed E-state index contributed by atoms with van der Waals surface area (Å²) in [5.74, 6) is -1.56. The van der Waals surface area contributed by atoms with Crippen molar-refractivity contribution in [3.05, 3.63) is 123 Å². The number of piperidine rings is 3. The molecule has 3 fully saturated rings. The van der Waals surface area contributed by atoms with E-state index in [2.05, 4.69) is 40.3 Å². The fraction of sp³-hybridized carbons (Fsp3) is 0.452. The first-order chi connectivity index (χ1) is 45.2. The predicted molar refractivity (Wildman–Crippen MR) is 344 cm³/mol. The van der Waals surface area contributed by atoms with Crippen LogP contribution in [0.4, 0.5) is 57.0 Å². The molecule has 0 aliphatic carbocycles. The van der Waals surface area contributed by atoms with E-state index < -0.39 is 99.9 Å². The third kappa shape index (κ3) is 18.9. The van der Waals surface area contributed by atoms with Gasteiger partial charge in [-0.05, 0) is 94.8 Å². The average molecular weight is 1590 g/mol. The SMILES string of the molecule is CN(CC(F)(F)F)C(=O)C1CCCN(N(C)c2ncnc3[nH]ccc23)C1.Cc1ccc(S(=O)(=O)n2ccc3c(N(C)N4CCCC(C(=O)N(C)CC(F)(F)F)C4)ncnc32)cc1.Cc1ccc(S(=O)(=O)n2ccc3c(NN4CCCC(C(=O)CCC(F)(F)F)C4)ncnc32)cc1.[CH3-].[W]. The van der Waals surface area contributed by atoms with Crippen LogP contribution in [0.3, 0.4) is 0 Å². The third-order valence-electron chi connectivity index (χ3n) is 16.7. The number of alkyl halides is 9. The Bertz CT molecular complexity index is 4280. The number of carbonyl (C=O) groups excluding carboxylic acids is 3. The van der Waals surface area contributed by atoms with Crippen LogP contribution >= 0.6 is 0 Å². The molecule has 24 nitrogen and oxygen atoms in total. The maximum Gasteiger partial charge on any atom is 0.406 e. The molecule has 11 rings (SSSR count). The normalized spacial score (nSPS) is 17.5. The molecular weight excluding hydrogens is 1510 g/mol. The zero-order valence-electron chi connectivity index (χ0n) is 54.6. The molecular formula is C62H75F9N17O7S2W-. The monoisotopic (exact) mass is 1590 g/mol. The van der Waals surface area contributed by atoms with E-state index in [1.165, 1.54) is 62.7 Å². The average Bonchev–Trinajstić information content (AvgIpc) is 1.58. The van der Waals surface area contributed by atoms with E-state index in [0.717, 1.165) is 42.8 Å². The Labute approximate surface area is 574 Å². The van der Waals surface area contributed by atoms with Crippen molar-refractivity contribution in [2.45, 2.75) is 93.5 Å². The molecule has 2 amide bonds.